The molecule has 12 heteroatoms. The second-order valence-electron chi connectivity index (χ2n) is 10.2. The van der Waals surface area contributed by atoms with Crippen LogP contribution in [0.1, 0.15) is 63.3 Å². The molecule has 2 aromatic rings. The molecule has 0 saturated carbocycles. The number of anilines is 1. The number of aromatic nitrogens is 3. The first-order valence-corrected chi connectivity index (χ1v) is 11.9. The number of halogens is 4. The third kappa shape index (κ3) is 5.79. The summed E-state index contributed by atoms with van der Waals surface area (Å²) in [5, 5.41) is 8.25. The van der Waals surface area contributed by atoms with Gasteiger partial charge in [0, 0.05) is 30.8 Å². The fourth-order valence-electron chi connectivity index (χ4n) is 4.65. The zero-order valence-corrected chi connectivity index (χ0v) is 20.4. The van der Waals surface area contributed by atoms with Crippen LogP contribution in [0.3, 0.4) is 0 Å². The Morgan fingerprint density at radius 1 is 1.14 bits per heavy atom. The summed E-state index contributed by atoms with van der Waals surface area (Å²) in [6.45, 7) is 4.80. The van der Waals surface area contributed by atoms with Crippen LogP contribution in [0.5, 0.6) is 0 Å². The van der Waals surface area contributed by atoms with Gasteiger partial charge in [0.05, 0.1) is 11.4 Å². The predicted molar refractivity (Wildman–Crippen MR) is 122 cm³/mol. The normalized spacial score (nSPS) is 19.8. The van der Waals surface area contributed by atoms with E-state index in [0.29, 0.717) is 36.5 Å². The monoisotopic (exact) mass is 511 g/mol. The Hall–Kier alpha value is -3.18. The molecule has 4 rings (SSSR count). The molecule has 1 fully saturated rings. The lowest BCUT2D eigenvalue weighted by Gasteiger charge is -2.32. The highest BCUT2D eigenvalue weighted by atomic mass is 19.4. The van der Waals surface area contributed by atoms with Crippen molar-refractivity contribution in [3.63, 3.8) is 0 Å². The number of ether oxygens (including phenoxy) is 1. The Morgan fingerprint density at radius 3 is 2.47 bits per heavy atom. The Kier molecular flexibility index (Phi) is 6.98. The molecule has 196 valence electrons. The highest BCUT2D eigenvalue weighted by Crippen LogP contribution is 2.35. The number of piperidine rings is 1. The largest absolute Gasteiger partial charge is 0.444 e. The van der Waals surface area contributed by atoms with Crippen LogP contribution < -0.4 is 4.90 Å². The molecule has 8 nitrogen and oxygen atoms in total. The number of hydrogen-bond donors (Lipinski definition) is 0. The molecule has 1 atom stereocenters. The van der Waals surface area contributed by atoms with Gasteiger partial charge in [-0.25, -0.2) is 13.9 Å². The minimum Gasteiger partial charge on any atom is -0.444 e. The molecule has 0 N–H and O–H groups in total. The molecule has 36 heavy (non-hydrogen) atoms. The van der Waals surface area contributed by atoms with Crippen molar-refractivity contribution in [2.45, 2.75) is 70.2 Å². The minimum absolute atomic E-state index is 0.0285. The van der Waals surface area contributed by atoms with Gasteiger partial charge in [0.2, 0.25) is 0 Å². The number of alkyl halides is 3. The Bertz CT molecular complexity index is 1120. The van der Waals surface area contributed by atoms with E-state index in [1.165, 1.54) is 22.9 Å². The van der Waals surface area contributed by atoms with E-state index in [4.69, 9.17) is 4.74 Å². The molecule has 1 aromatic heterocycles. The second-order valence-corrected chi connectivity index (χ2v) is 10.2. The van der Waals surface area contributed by atoms with E-state index in [0.717, 1.165) is 0 Å². The number of nitrogens with zero attached hydrogens (tertiary/aromatic N) is 5. The van der Waals surface area contributed by atoms with E-state index in [1.54, 1.807) is 31.9 Å². The Labute approximate surface area is 206 Å². The molecule has 0 bridgehead atoms. The minimum atomic E-state index is -4.66. The molecular weight excluding hydrogens is 482 g/mol. The molecule has 0 spiro atoms. The predicted octanol–water partition coefficient (Wildman–Crippen LogP) is 4.61. The number of fused-ring (bicyclic) bond motifs is 1. The molecular formula is C24H29F4N5O3. The van der Waals surface area contributed by atoms with Crippen LogP contribution in [0.25, 0.3) is 0 Å². The lowest BCUT2D eigenvalue weighted by Crippen LogP contribution is -2.42. The number of carbonyl (C=O) groups excluding carboxylic acids is 2. The summed E-state index contributed by atoms with van der Waals surface area (Å²) in [6, 6.07) is 2.74. The number of rotatable bonds is 3. The van der Waals surface area contributed by atoms with Crippen LogP contribution in [-0.2, 0) is 16.0 Å². The van der Waals surface area contributed by atoms with Gasteiger partial charge in [0.25, 0.3) is 5.91 Å². The zero-order chi connectivity index (χ0) is 26.3. The van der Waals surface area contributed by atoms with E-state index < -0.39 is 36.1 Å². The van der Waals surface area contributed by atoms with E-state index in [9.17, 15) is 27.2 Å². The van der Waals surface area contributed by atoms with E-state index >= 15 is 0 Å². The van der Waals surface area contributed by atoms with Gasteiger partial charge >= 0.3 is 12.3 Å². The number of likely N-dealkylation sites (tertiary alicyclic amines) is 1. The number of benzene rings is 1. The highest BCUT2D eigenvalue weighted by molar-refractivity contribution is 5.97. The van der Waals surface area contributed by atoms with Crippen molar-refractivity contribution in [3.05, 3.63) is 41.5 Å². The summed E-state index contributed by atoms with van der Waals surface area (Å²) in [4.78, 5) is 27.8. The van der Waals surface area contributed by atoms with Gasteiger partial charge in [0.15, 0.2) is 0 Å². The molecule has 2 amide bonds. The SMILES string of the molecule is CC(C)(C)OC(=O)N1CCC(c2cn(C3CCc4c(F)cccc4N(CC(F)(F)F)C3=O)nn2)CC1. The van der Waals surface area contributed by atoms with Gasteiger partial charge in [0.1, 0.15) is 24.0 Å². The maximum Gasteiger partial charge on any atom is 0.410 e. The molecule has 1 unspecified atom stereocenters. The van der Waals surface area contributed by atoms with Gasteiger partial charge in [-0.1, -0.05) is 11.3 Å². The van der Waals surface area contributed by atoms with Crippen LogP contribution in [0.15, 0.2) is 24.4 Å². The molecule has 0 radical (unpaired) electrons. The summed E-state index contributed by atoms with van der Waals surface area (Å²) < 4.78 is 61.2. The van der Waals surface area contributed by atoms with E-state index in [-0.39, 0.29) is 36.1 Å². The standard InChI is InChI=1S/C24H29F4N5O3/c1-23(2,3)36-22(35)31-11-9-15(10-12-31)18-13-33(30-29-18)20-8-7-16-17(25)5-4-6-19(16)32(21(20)34)14-24(26,27)28/h4-6,13,15,20H,7-12,14H2,1-3H3. The number of amides is 2. The van der Waals surface area contributed by atoms with E-state index in [2.05, 4.69) is 10.3 Å². The third-order valence-corrected chi connectivity index (χ3v) is 6.35. The van der Waals surface area contributed by atoms with Crippen LogP contribution >= 0.6 is 0 Å². The van der Waals surface area contributed by atoms with Crippen molar-refractivity contribution in [3.8, 4) is 0 Å². The average Bonchev–Trinajstić information content (AvgIpc) is 3.22. The fourth-order valence-corrected chi connectivity index (χ4v) is 4.65. The lowest BCUT2D eigenvalue weighted by atomic mass is 9.94. The number of carbonyl (C=O) groups is 2. The molecule has 0 aliphatic carbocycles. The molecule has 1 saturated heterocycles. The first-order valence-electron chi connectivity index (χ1n) is 11.9. The summed E-state index contributed by atoms with van der Waals surface area (Å²) >= 11 is 0. The van der Waals surface area contributed by atoms with Gasteiger partial charge in [-0.05, 0) is 58.6 Å². The van der Waals surface area contributed by atoms with Crippen molar-refractivity contribution >= 4 is 17.7 Å². The lowest BCUT2D eigenvalue weighted by molar-refractivity contribution is -0.134. The quantitative estimate of drug-likeness (QED) is 0.562. The maximum atomic E-state index is 14.5. The van der Waals surface area contributed by atoms with Crippen LogP contribution in [-0.4, -0.2) is 63.3 Å². The van der Waals surface area contributed by atoms with E-state index in [1.807, 2.05) is 0 Å². The second kappa shape index (κ2) is 9.70. The molecule has 1 aromatic carbocycles. The summed E-state index contributed by atoms with van der Waals surface area (Å²) in [6.07, 6.45) is -2.10. The maximum absolute atomic E-state index is 14.5. The Morgan fingerprint density at radius 2 is 1.83 bits per heavy atom. The molecule has 2 aliphatic rings. The van der Waals surface area contributed by atoms with Crippen LogP contribution in [0, 0.1) is 5.82 Å². The van der Waals surface area contributed by atoms with Crippen molar-refractivity contribution in [2.24, 2.45) is 0 Å². The first kappa shape index (κ1) is 25.9. The summed E-state index contributed by atoms with van der Waals surface area (Å²) in [5.74, 6) is -1.49. The third-order valence-electron chi connectivity index (χ3n) is 6.35. The average molecular weight is 512 g/mol. The van der Waals surface area contributed by atoms with Crippen molar-refractivity contribution < 1.29 is 31.9 Å². The van der Waals surface area contributed by atoms with Gasteiger partial charge in [-0.3, -0.25) is 4.79 Å². The topological polar surface area (TPSA) is 80.6 Å². The number of hydrogen-bond acceptors (Lipinski definition) is 5. The molecule has 3 heterocycles. The smallest absolute Gasteiger partial charge is 0.410 e. The summed E-state index contributed by atoms with van der Waals surface area (Å²) in [7, 11) is 0. The van der Waals surface area contributed by atoms with Crippen LogP contribution in [0.4, 0.5) is 28.0 Å². The van der Waals surface area contributed by atoms with Crippen molar-refractivity contribution in [2.75, 3.05) is 24.5 Å². The zero-order valence-electron chi connectivity index (χ0n) is 20.4. The Balaban J connectivity index is 1.50. The fraction of sp³-hybridized carbons (Fsp3) is 0.583. The van der Waals surface area contributed by atoms with Gasteiger partial charge in [-0.2, -0.15) is 13.2 Å². The summed E-state index contributed by atoms with van der Waals surface area (Å²) in [5.41, 5.74) is 0.00819. The molecule has 2 aliphatic heterocycles. The van der Waals surface area contributed by atoms with Crippen molar-refractivity contribution in [1.29, 1.82) is 0 Å². The highest BCUT2D eigenvalue weighted by Gasteiger charge is 2.40. The van der Waals surface area contributed by atoms with Crippen LogP contribution in [0.2, 0.25) is 0 Å². The van der Waals surface area contributed by atoms with Gasteiger partial charge in [-0.15, -0.1) is 5.10 Å². The van der Waals surface area contributed by atoms with Crippen molar-refractivity contribution in [1.82, 2.24) is 19.9 Å². The first-order chi connectivity index (χ1) is 16.8. The van der Waals surface area contributed by atoms with Gasteiger partial charge < -0.3 is 14.5 Å².